The van der Waals surface area contributed by atoms with Crippen molar-refractivity contribution in [3.05, 3.63) is 35.9 Å². The number of carbonyl (C=O) groups is 2. The third-order valence-corrected chi connectivity index (χ3v) is 4.33. The molecule has 2 rings (SSSR count). The first kappa shape index (κ1) is 19.5. The van der Waals surface area contributed by atoms with E-state index in [-0.39, 0.29) is 36.2 Å². The molecule has 1 saturated heterocycles. The predicted octanol–water partition coefficient (Wildman–Crippen LogP) is 1.70. The lowest BCUT2D eigenvalue weighted by atomic mass is 10.1. The standard InChI is InChI=1S/C17H25N3O2.ClH/c1-13(14-7-5-4-6-8-14)20-12-15(11-16(20)21)17(22)19(3)10-9-18-2;/h4-8,13,15,18H,9-12H2,1-3H3;1H. The lowest BCUT2D eigenvalue weighted by Crippen LogP contribution is -2.38. The van der Waals surface area contributed by atoms with Gasteiger partial charge in [0.1, 0.15) is 0 Å². The van der Waals surface area contributed by atoms with Crippen LogP contribution in [0.5, 0.6) is 0 Å². The van der Waals surface area contributed by atoms with Crippen molar-refractivity contribution < 1.29 is 9.59 Å². The molecule has 5 nitrogen and oxygen atoms in total. The number of nitrogens with zero attached hydrogens (tertiary/aromatic N) is 2. The van der Waals surface area contributed by atoms with E-state index in [1.54, 1.807) is 11.9 Å². The van der Waals surface area contributed by atoms with Crippen LogP contribution in [0.25, 0.3) is 0 Å². The third-order valence-electron chi connectivity index (χ3n) is 4.33. The molecule has 1 aromatic carbocycles. The zero-order valence-corrected chi connectivity index (χ0v) is 14.8. The number of benzene rings is 1. The lowest BCUT2D eigenvalue weighted by Gasteiger charge is -2.26. The molecule has 2 unspecified atom stereocenters. The monoisotopic (exact) mass is 339 g/mol. The van der Waals surface area contributed by atoms with Gasteiger partial charge < -0.3 is 15.1 Å². The SMILES string of the molecule is CNCCN(C)C(=O)C1CC(=O)N(C(C)c2ccccc2)C1.Cl. The smallest absolute Gasteiger partial charge is 0.227 e. The molecule has 128 valence electrons. The first-order chi connectivity index (χ1) is 10.5. The Balaban J connectivity index is 0.00000264. The molecule has 1 N–H and O–H groups in total. The van der Waals surface area contributed by atoms with Crippen molar-refractivity contribution in [1.29, 1.82) is 0 Å². The lowest BCUT2D eigenvalue weighted by molar-refractivity contribution is -0.134. The van der Waals surface area contributed by atoms with Crippen LogP contribution in [0.1, 0.15) is 24.9 Å². The van der Waals surface area contributed by atoms with Crippen LogP contribution in [-0.4, -0.2) is 55.3 Å². The van der Waals surface area contributed by atoms with Gasteiger partial charge in [-0.1, -0.05) is 30.3 Å². The minimum absolute atomic E-state index is 0. The summed E-state index contributed by atoms with van der Waals surface area (Å²) in [5.41, 5.74) is 1.10. The number of nitrogens with one attached hydrogen (secondary N) is 1. The van der Waals surface area contributed by atoms with Crippen LogP contribution < -0.4 is 5.32 Å². The molecule has 1 fully saturated rings. The molecular formula is C17H26ClN3O2. The van der Waals surface area contributed by atoms with Gasteiger partial charge in [0.05, 0.1) is 12.0 Å². The fourth-order valence-electron chi connectivity index (χ4n) is 2.88. The Kier molecular flexibility index (Phi) is 7.52. The molecule has 0 aromatic heterocycles. The summed E-state index contributed by atoms with van der Waals surface area (Å²) in [5, 5.41) is 3.03. The Bertz CT molecular complexity index is 524. The Labute approximate surface area is 144 Å². The van der Waals surface area contributed by atoms with Crippen LogP contribution in [0.4, 0.5) is 0 Å². The Hall–Kier alpha value is -1.59. The maximum absolute atomic E-state index is 12.4. The number of amides is 2. The zero-order chi connectivity index (χ0) is 16.1. The maximum atomic E-state index is 12.4. The van der Waals surface area contributed by atoms with Gasteiger partial charge in [-0.15, -0.1) is 12.4 Å². The molecule has 1 aliphatic heterocycles. The van der Waals surface area contributed by atoms with Crippen LogP contribution in [0.3, 0.4) is 0 Å². The number of rotatable bonds is 6. The zero-order valence-electron chi connectivity index (χ0n) is 14.0. The number of hydrogen-bond donors (Lipinski definition) is 1. The van der Waals surface area contributed by atoms with Crippen LogP contribution in [0.15, 0.2) is 30.3 Å². The second-order valence-corrected chi connectivity index (χ2v) is 5.90. The van der Waals surface area contributed by atoms with Crippen molar-refractivity contribution >= 4 is 24.2 Å². The van der Waals surface area contributed by atoms with Crippen LogP contribution in [-0.2, 0) is 9.59 Å². The van der Waals surface area contributed by atoms with Gasteiger partial charge in [-0.25, -0.2) is 0 Å². The van der Waals surface area contributed by atoms with Crippen molar-refractivity contribution in [2.75, 3.05) is 33.7 Å². The number of halogens is 1. The summed E-state index contributed by atoms with van der Waals surface area (Å²) in [7, 11) is 3.66. The first-order valence-electron chi connectivity index (χ1n) is 7.78. The molecule has 2 amide bonds. The number of hydrogen-bond acceptors (Lipinski definition) is 3. The highest BCUT2D eigenvalue weighted by Gasteiger charge is 2.37. The Morgan fingerprint density at radius 2 is 2.04 bits per heavy atom. The van der Waals surface area contributed by atoms with E-state index >= 15 is 0 Å². The van der Waals surface area contributed by atoms with Gasteiger partial charge in [-0.05, 0) is 19.5 Å². The van der Waals surface area contributed by atoms with E-state index in [1.165, 1.54) is 0 Å². The second-order valence-electron chi connectivity index (χ2n) is 5.90. The molecule has 23 heavy (non-hydrogen) atoms. The Morgan fingerprint density at radius 1 is 1.39 bits per heavy atom. The van der Waals surface area contributed by atoms with Crippen molar-refractivity contribution in [2.45, 2.75) is 19.4 Å². The molecule has 2 atom stereocenters. The summed E-state index contributed by atoms with van der Waals surface area (Å²) in [6.07, 6.45) is 0.319. The van der Waals surface area contributed by atoms with Gasteiger partial charge >= 0.3 is 0 Å². The van der Waals surface area contributed by atoms with Crippen LogP contribution >= 0.6 is 12.4 Å². The largest absolute Gasteiger partial charge is 0.344 e. The predicted molar refractivity (Wildman–Crippen MR) is 93.5 cm³/mol. The van der Waals surface area contributed by atoms with Crippen molar-refractivity contribution in [2.24, 2.45) is 5.92 Å². The van der Waals surface area contributed by atoms with Crippen LogP contribution in [0, 0.1) is 5.92 Å². The van der Waals surface area contributed by atoms with Gasteiger partial charge in [-0.2, -0.15) is 0 Å². The quantitative estimate of drug-likeness (QED) is 0.858. The molecule has 0 bridgehead atoms. The molecule has 1 aliphatic rings. The molecule has 1 aromatic rings. The topological polar surface area (TPSA) is 52.7 Å². The molecule has 0 radical (unpaired) electrons. The van der Waals surface area contributed by atoms with Gasteiger partial charge in [0, 0.05) is 33.1 Å². The van der Waals surface area contributed by atoms with Crippen molar-refractivity contribution in [1.82, 2.24) is 15.1 Å². The van der Waals surface area contributed by atoms with E-state index < -0.39 is 0 Å². The Morgan fingerprint density at radius 3 is 2.65 bits per heavy atom. The molecule has 6 heteroatoms. The molecule has 0 saturated carbocycles. The first-order valence-corrected chi connectivity index (χ1v) is 7.78. The van der Waals surface area contributed by atoms with Gasteiger partial charge in [-0.3, -0.25) is 9.59 Å². The van der Waals surface area contributed by atoms with E-state index in [0.29, 0.717) is 19.5 Å². The van der Waals surface area contributed by atoms with Gasteiger partial charge in [0.15, 0.2) is 0 Å². The third kappa shape index (κ3) is 4.69. The second kappa shape index (κ2) is 8.89. The minimum atomic E-state index is -0.222. The average molecular weight is 340 g/mol. The highest BCUT2D eigenvalue weighted by Crippen LogP contribution is 2.29. The normalized spacial score (nSPS) is 18.5. The number of carbonyl (C=O) groups excluding carboxylic acids is 2. The summed E-state index contributed by atoms with van der Waals surface area (Å²) in [6, 6.07) is 9.96. The maximum Gasteiger partial charge on any atom is 0.227 e. The minimum Gasteiger partial charge on any atom is -0.344 e. The molecule has 1 heterocycles. The summed E-state index contributed by atoms with van der Waals surface area (Å²) in [5.74, 6) is -0.0939. The van der Waals surface area contributed by atoms with E-state index in [4.69, 9.17) is 0 Å². The fraction of sp³-hybridized carbons (Fsp3) is 0.529. The van der Waals surface area contributed by atoms with Crippen molar-refractivity contribution in [3.8, 4) is 0 Å². The van der Waals surface area contributed by atoms with E-state index in [2.05, 4.69) is 5.32 Å². The highest BCUT2D eigenvalue weighted by atomic mass is 35.5. The van der Waals surface area contributed by atoms with E-state index in [1.807, 2.05) is 49.2 Å². The average Bonchev–Trinajstić information content (AvgIpc) is 2.93. The fourth-order valence-corrected chi connectivity index (χ4v) is 2.88. The summed E-state index contributed by atoms with van der Waals surface area (Å²) in [4.78, 5) is 28.2. The summed E-state index contributed by atoms with van der Waals surface area (Å²) in [6.45, 7) is 3.95. The van der Waals surface area contributed by atoms with E-state index in [0.717, 1.165) is 12.1 Å². The van der Waals surface area contributed by atoms with Crippen molar-refractivity contribution in [3.63, 3.8) is 0 Å². The summed E-state index contributed by atoms with van der Waals surface area (Å²) >= 11 is 0. The van der Waals surface area contributed by atoms with E-state index in [9.17, 15) is 9.59 Å². The molecule has 0 aliphatic carbocycles. The van der Waals surface area contributed by atoms with Gasteiger partial charge in [0.25, 0.3) is 0 Å². The number of likely N-dealkylation sites (tertiary alicyclic amines) is 1. The summed E-state index contributed by atoms with van der Waals surface area (Å²) < 4.78 is 0. The van der Waals surface area contributed by atoms with Crippen LogP contribution in [0.2, 0.25) is 0 Å². The molecular weight excluding hydrogens is 314 g/mol. The molecule has 0 spiro atoms. The number of likely N-dealkylation sites (N-methyl/N-ethyl adjacent to an activating group) is 2. The van der Waals surface area contributed by atoms with Gasteiger partial charge in [0.2, 0.25) is 11.8 Å². The highest BCUT2D eigenvalue weighted by molar-refractivity contribution is 5.89.